The predicted octanol–water partition coefficient (Wildman–Crippen LogP) is 15.6. The lowest BCUT2D eigenvalue weighted by Gasteiger charge is -2.24. The van der Waals surface area contributed by atoms with Crippen LogP contribution in [-0.2, 0) is 6.18 Å². The largest absolute Gasteiger partial charge is 0.417 e. The molecule has 7 heterocycles. The summed E-state index contributed by atoms with van der Waals surface area (Å²) >= 11 is 0. The Hall–Kier alpha value is -11.8. The van der Waals surface area contributed by atoms with Crippen LogP contribution in [0.25, 0.3) is 146 Å². The highest BCUT2D eigenvalue weighted by atomic mass is 19.4. The van der Waals surface area contributed by atoms with Gasteiger partial charge in [-0.2, -0.15) is 13.2 Å². The number of fused-ring (bicyclic) bond motifs is 6. The fourth-order valence-corrected chi connectivity index (χ4v) is 12.4. The predicted molar refractivity (Wildman–Crippen MR) is 348 cm³/mol. The normalized spacial score (nSPS) is 11.9. The third kappa shape index (κ3) is 10.2. The van der Waals surface area contributed by atoms with Crippen LogP contribution in [0.4, 0.5) is 13.2 Å². The molecule has 0 fully saturated rings. The van der Waals surface area contributed by atoms with Gasteiger partial charge in [-0.05, 0) is 146 Å². The van der Waals surface area contributed by atoms with E-state index >= 15 is 13.2 Å². The zero-order valence-corrected chi connectivity index (χ0v) is 50.9. The van der Waals surface area contributed by atoms with E-state index in [2.05, 4.69) is 19.9 Å². The summed E-state index contributed by atoms with van der Waals surface area (Å²) in [6, 6.07) is 52.1. The van der Waals surface area contributed by atoms with Crippen molar-refractivity contribution < 1.29 is 13.2 Å². The summed E-state index contributed by atoms with van der Waals surface area (Å²) in [5.74, 6) is 6.93. The molecule has 15 aromatic rings. The van der Waals surface area contributed by atoms with Crippen LogP contribution < -0.4 is 0 Å². The van der Waals surface area contributed by atoms with Crippen LogP contribution in [0.1, 0.15) is 52.2 Å². The lowest BCUT2D eigenvalue weighted by molar-refractivity contribution is -0.137. The van der Waals surface area contributed by atoms with Crippen molar-refractivity contribution in [3.8, 4) is 102 Å². The van der Waals surface area contributed by atoms with Crippen LogP contribution in [0.3, 0.4) is 0 Å². The van der Waals surface area contributed by atoms with Crippen molar-refractivity contribution >= 4 is 43.6 Å². The number of alkyl halides is 3. The Morgan fingerprint density at radius 1 is 0.261 bits per heavy atom. The summed E-state index contributed by atoms with van der Waals surface area (Å²) in [5.41, 5.74) is 6.61. The highest BCUT2D eigenvalue weighted by Gasteiger charge is 2.38. The molecule has 0 aliphatic heterocycles. The van der Waals surface area contributed by atoms with Gasteiger partial charge in [0.15, 0.2) is 40.8 Å². The molecule has 92 heavy (non-hydrogen) atoms. The molecule has 0 aliphatic rings. The second-order valence-corrected chi connectivity index (χ2v) is 22.5. The van der Waals surface area contributed by atoms with Crippen LogP contribution in [0.15, 0.2) is 170 Å². The molecule has 0 aliphatic carbocycles. The molecule has 17 nitrogen and oxygen atoms in total. The Kier molecular flexibility index (Phi) is 13.6. The number of nitrogens with zero attached hydrogens (tertiary/aromatic N) is 17. The second kappa shape index (κ2) is 22.1. The fourth-order valence-electron chi connectivity index (χ4n) is 12.4. The first-order chi connectivity index (χ1) is 44.5. The lowest BCUT2D eigenvalue weighted by Crippen LogP contribution is -2.12. The number of hydrogen-bond acceptors (Lipinski definition) is 15. The van der Waals surface area contributed by atoms with Gasteiger partial charge in [-0.3, -0.25) is 0 Å². The van der Waals surface area contributed by atoms with E-state index in [0.29, 0.717) is 159 Å². The number of benzene rings is 8. The summed E-state index contributed by atoms with van der Waals surface area (Å²) in [7, 11) is 0. The van der Waals surface area contributed by atoms with E-state index in [-0.39, 0.29) is 22.6 Å². The Morgan fingerprint density at radius 2 is 0.554 bits per heavy atom. The number of halogens is 3. The van der Waals surface area contributed by atoms with Gasteiger partial charge in [-0.1, -0.05) is 78.9 Å². The van der Waals surface area contributed by atoms with Crippen LogP contribution in [0, 0.1) is 55.4 Å². The molecule has 0 unspecified atom stereocenters. The van der Waals surface area contributed by atoms with Crippen LogP contribution in [0.2, 0.25) is 0 Å². The smallest absolute Gasteiger partial charge is 0.309 e. The van der Waals surface area contributed by atoms with Gasteiger partial charge in [-0.25, -0.2) is 74.8 Å². The van der Waals surface area contributed by atoms with Crippen molar-refractivity contribution in [3.05, 3.63) is 222 Å². The van der Waals surface area contributed by atoms with E-state index in [9.17, 15) is 0 Å². The third-order valence-corrected chi connectivity index (χ3v) is 16.1. The molecule has 446 valence electrons. The van der Waals surface area contributed by atoms with Crippen molar-refractivity contribution in [1.29, 1.82) is 0 Å². The first-order valence-electron chi connectivity index (χ1n) is 29.6. The number of hydrogen-bond donors (Lipinski definition) is 0. The quantitative estimate of drug-likeness (QED) is 0.125. The number of rotatable bonds is 10. The molecule has 0 N–H and O–H groups in total. The Bertz CT molecular complexity index is 5160. The minimum atomic E-state index is -4.95. The molecule has 0 radical (unpaired) electrons. The monoisotopic (exact) mass is 1210 g/mol. The van der Waals surface area contributed by atoms with E-state index in [4.69, 9.17) is 54.8 Å². The third-order valence-electron chi connectivity index (χ3n) is 16.1. The highest BCUT2D eigenvalue weighted by Crippen LogP contribution is 2.50. The molecule has 7 aromatic heterocycles. The fraction of sp³-hybridized carbons (Fsp3) is 0.125. The summed E-state index contributed by atoms with van der Waals surface area (Å²) < 4.78 is 55.1. The first-order valence-corrected chi connectivity index (χ1v) is 29.6. The Labute approximate surface area is 524 Å². The molecule has 0 bridgehead atoms. The van der Waals surface area contributed by atoms with Crippen molar-refractivity contribution in [2.75, 3.05) is 0 Å². The van der Waals surface area contributed by atoms with Crippen molar-refractivity contribution in [3.63, 3.8) is 0 Å². The van der Waals surface area contributed by atoms with Crippen molar-refractivity contribution in [1.82, 2.24) is 83.9 Å². The molecular weight excluding hydrogens is 1160 g/mol. The van der Waals surface area contributed by atoms with Gasteiger partial charge in [-0.15, -0.1) is 0 Å². The van der Waals surface area contributed by atoms with Gasteiger partial charge in [0.1, 0.15) is 46.6 Å². The van der Waals surface area contributed by atoms with E-state index in [1.54, 1.807) is 12.1 Å². The maximum absolute atomic E-state index is 17.1. The van der Waals surface area contributed by atoms with Gasteiger partial charge in [0, 0.05) is 71.6 Å². The van der Waals surface area contributed by atoms with Crippen LogP contribution in [-0.4, -0.2) is 83.9 Å². The van der Waals surface area contributed by atoms with Crippen molar-refractivity contribution in [2.24, 2.45) is 0 Å². The van der Waals surface area contributed by atoms with E-state index in [1.165, 1.54) is 6.07 Å². The molecule has 0 amide bonds. The maximum atomic E-state index is 17.1. The van der Waals surface area contributed by atoms with E-state index in [0.717, 1.165) is 16.8 Å². The van der Waals surface area contributed by atoms with Crippen LogP contribution in [0.5, 0.6) is 0 Å². The molecule has 0 saturated heterocycles. The first kappa shape index (κ1) is 56.7. The average Bonchev–Trinajstić information content (AvgIpc) is 1.48. The molecule has 20 heteroatoms. The molecule has 0 atom stereocenters. The van der Waals surface area contributed by atoms with Gasteiger partial charge < -0.3 is 9.13 Å². The van der Waals surface area contributed by atoms with Crippen molar-refractivity contribution in [2.45, 2.75) is 61.6 Å². The average molecular weight is 1210 g/mol. The molecule has 8 aromatic carbocycles. The minimum Gasteiger partial charge on any atom is -0.309 e. The second-order valence-electron chi connectivity index (χ2n) is 22.5. The lowest BCUT2D eigenvalue weighted by atomic mass is 9.90. The summed E-state index contributed by atoms with van der Waals surface area (Å²) in [6.45, 7) is 14.5. The maximum Gasteiger partial charge on any atom is 0.417 e. The zero-order valence-electron chi connectivity index (χ0n) is 50.9. The summed E-state index contributed by atoms with van der Waals surface area (Å²) in [4.78, 5) is 71.3. The van der Waals surface area contributed by atoms with Gasteiger partial charge >= 0.3 is 6.18 Å². The number of aryl methyl sites for hydroxylation is 8. The van der Waals surface area contributed by atoms with E-state index in [1.807, 2.05) is 210 Å². The summed E-state index contributed by atoms with van der Waals surface area (Å²) in [6.07, 6.45) is -4.95. The Balaban J connectivity index is 1.09. The zero-order chi connectivity index (χ0) is 63.3. The Morgan fingerprint density at radius 3 is 0.880 bits per heavy atom. The van der Waals surface area contributed by atoms with E-state index < -0.39 is 11.7 Å². The molecule has 0 spiro atoms. The molecule has 15 rings (SSSR count). The summed E-state index contributed by atoms with van der Waals surface area (Å²) in [5, 5.41) is 2.90. The molecular formula is C72H52F3N17. The molecule has 0 saturated carbocycles. The highest BCUT2D eigenvalue weighted by molar-refractivity contribution is 6.14. The number of aromatic nitrogens is 17. The minimum absolute atomic E-state index is 0.131. The standard InChI is InChI=1S/C72H52F3N17/c1-37-76-38(2)81-67(80-37)47-25-29-57-52(33-47)53-34-48(68-82-39(3)77-40(4)83-68)26-30-58(53)91(57)61-23-15-21-51(71-89-65(45-17-11-9-12-18-45)88-66(90-71)46-19-13-10-14-20-46)63(61)64-56(72(73,74)75)22-16-24-62(64)92-59-31-27-49(69-84-41(5)78-42(6)85-69)35-54(59)55-36-50(28-32-60(55)92)70-86-43(7)79-44(8)87-70/h9-36H,1-8H3. The van der Waals surface area contributed by atoms with Crippen LogP contribution >= 0.6 is 0 Å². The van der Waals surface area contributed by atoms with Gasteiger partial charge in [0.25, 0.3) is 0 Å². The topological polar surface area (TPSA) is 203 Å². The SMILES string of the molecule is Cc1nc(C)nc(-c2ccc3c(c2)c2cc(-c4nc(C)nc(C)n4)ccc2n3-c2cccc(-c3nc(-c4ccccc4)nc(-c4ccccc4)n3)c2-c2c(-n3c4ccc(-c5nc(C)nc(C)n5)cc4c4cc(-c5nc(C)nc(C)n5)ccc43)cccc2C(F)(F)F)n1. The van der Waals surface area contributed by atoms with Gasteiger partial charge in [0.2, 0.25) is 0 Å². The van der Waals surface area contributed by atoms with Gasteiger partial charge in [0.05, 0.1) is 39.0 Å².